The van der Waals surface area contributed by atoms with E-state index in [-0.39, 0.29) is 11.3 Å². The van der Waals surface area contributed by atoms with Gasteiger partial charge in [0.15, 0.2) is 5.75 Å². The van der Waals surface area contributed by atoms with Crippen LogP contribution >= 0.6 is 0 Å². The topological polar surface area (TPSA) is 49.7 Å². The molecule has 0 saturated heterocycles. The molecule has 0 amide bonds. The van der Waals surface area contributed by atoms with Crippen LogP contribution in [0.15, 0.2) is 23.0 Å². The first-order valence-electron chi connectivity index (χ1n) is 7.01. The van der Waals surface area contributed by atoms with Gasteiger partial charge in [0.2, 0.25) is 5.75 Å². The molecule has 2 aromatic rings. The number of rotatable bonds is 6. The molecule has 0 spiro atoms. The summed E-state index contributed by atoms with van der Waals surface area (Å²) in [5.74, 6) is 1.44. The van der Waals surface area contributed by atoms with Gasteiger partial charge in [-0.25, -0.2) is 0 Å². The Balaban J connectivity index is 2.67. The van der Waals surface area contributed by atoms with E-state index < -0.39 is 0 Å². The number of benzene rings is 1. The zero-order valence-electron chi connectivity index (χ0n) is 12.9. The average Bonchev–Trinajstić information content (AvgIpc) is 2.52. The minimum Gasteiger partial charge on any atom is -0.497 e. The Morgan fingerprint density at radius 2 is 1.90 bits per heavy atom. The van der Waals surface area contributed by atoms with Gasteiger partial charge in [0.25, 0.3) is 5.56 Å². The number of nitrogens with zero attached hydrogens (tertiary/aromatic N) is 1. The van der Waals surface area contributed by atoms with E-state index in [1.807, 2.05) is 18.2 Å². The number of ether oxygens (including phenoxy) is 3. The third kappa shape index (κ3) is 2.82. The van der Waals surface area contributed by atoms with Crippen molar-refractivity contribution in [2.24, 2.45) is 7.05 Å². The molecule has 1 aromatic heterocycles. The van der Waals surface area contributed by atoms with Crippen molar-refractivity contribution < 1.29 is 14.2 Å². The lowest BCUT2D eigenvalue weighted by Crippen LogP contribution is -2.20. The maximum Gasteiger partial charge on any atom is 0.297 e. The van der Waals surface area contributed by atoms with Crippen LogP contribution in [-0.2, 0) is 7.05 Å². The Bertz CT molecular complexity index is 691. The van der Waals surface area contributed by atoms with Crippen molar-refractivity contribution >= 4 is 10.9 Å². The van der Waals surface area contributed by atoms with Crippen molar-refractivity contribution in [1.82, 2.24) is 4.57 Å². The van der Waals surface area contributed by atoms with Crippen molar-refractivity contribution in [1.29, 1.82) is 0 Å². The van der Waals surface area contributed by atoms with Crippen LogP contribution in [0.4, 0.5) is 0 Å². The van der Waals surface area contributed by atoms with Crippen LogP contribution in [0.3, 0.4) is 0 Å². The fraction of sp³-hybridized carbons (Fsp3) is 0.438. The van der Waals surface area contributed by atoms with Crippen LogP contribution in [0.2, 0.25) is 0 Å². The largest absolute Gasteiger partial charge is 0.497 e. The molecule has 0 aliphatic carbocycles. The lowest BCUT2D eigenvalue weighted by Gasteiger charge is -2.16. The number of aromatic nitrogens is 1. The fourth-order valence-electron chi connectivity index (χ4n) is 2.23. The molecule has 0 saturated carbocycles. The van der Waals surface area contributed by atoms with E-state index in [0.717, 1.165) is 23.7 Å². The quantitative estimate of drug-likeness (QED) is 0.768. The molecule has 0 bridgehead atoms. The van der Waals surface area contributed by atoms with Gasteiger partial charge >= 0.3 is 0 Å². The van der Waals surface area contributed by atoms with Crippen LogP contribution in [0.1, 0.15) is 19.8 Å². The molecule has 5 heteroatoms. The van der Waals surface area contributed by atoms with Crippen LogP contribution < -0.4 is 19.8 Å². The highest BCUT2D eigenvalue weighted by molar-refractivity contribution is 5.89. The van der Waals surface area contributed by atoms with Gasteiger partial charge < -0.3 is 18.8 Å². The molecule has 0 aliphatic rings. The summed E-state index contributed by atoms with van der Waals surface area (Å²) < 4.78 is 17.8. The van der Waals surface area contributed by atoms with E-state index in [1.54, 1.807) is 18.7 Å². The highest BCUT2D eigenvalue weighted by atomic mass is 16.5. The van der Waals surface area contributed by atoms with E-state index >= 15 is 0 Å². The third-order valence-corrected chi connectivity index (χ3v) is 3.46. The fourth-order valence-corrected chi connectivity index (χ4v) is 2.23. The third-order valence-electron chi connectivity index (χ3n) is 3.46. The van der Waals surface area contributed by atoms with Gasteiger partial charge in [0.1, 0.15) is 5.75 Å². The van der Waals surface area contributed by atoms with E-state index in [9.17, 15) is 4.79 Å². The summed E-state index contributed by atoms with van der Waals surface area (Å²) in [6, 6.07) is 5.55. The van der Waals surface area contributed by atoms with Crippen molar-refractivity contribution in [3.05, 3.63) is 28.6 Å². The summed E-state index contributed by atoms with van der Waals surface area (Å²) >= 11 is 0. The first-order valence-corrected chi connectivity index (χ1v) is 7.01. The van der Waals surface area contributed by atoms with Crippen molar-refractivity contribution in [2.45, 2.75) is 19.8 Å². The molecule has 21 heavy (non-hydrogen) atoms. The molecular weight excluding hydrogens is 270 g/mol. The summed E-state index contributed by atoms with van der Waals surface area (Å²) in [6.07, 6.45) is 1.95. The molecule has 0 unspecified atom stereocenters. The van der Waals surface area contributed by atoms with E-state index in [4.69, 9.17) is 14.2 Å². The summed E-state index contributed by atoms with van der Waals surface area (Å²) in [6.45, 7) is 2.65. The van der Waals surface area contributed by atoms with Crippen LogP contribution in [-0.4, -0.2) is 25.4 Å². The maximum atomic E-state index is 12.4. The molecule has 1 aromatic carbocycles. The van der Waals surface area contributed by atoms with Crippen LogP contribution in [0, 0.1) is 0 Å². The van der Waals surface area contributed by atoms with Gasteiger partial charge in [-0.15, -0.1) is 0 Å². The summed E-state index contributed by atoms with van der Waals surface area (Å²) in [5.41, 5.74) is 0.538. The second-order valence-corrected chi connectivity index (χ2v) is 4.81. The molecule has 2 rings (SSSR count). The zero-order chi connectivity index (χ0) is 15.4. The highest BCUT2D eigenvalue weighted by Gasteiger charge is 2.17. The standard InChI is InChI=1S/C16H21NO4/c1-5-6-9-21-14-12-8-7-11(19-3)10-13(12)17(2)16(18)15(14)20-4/h7-8,10H,5-6,9H2,1-4H3. The summed E-state index contributed by atoms with van der Waals surface area (Å²) in [7, 11) is 4.79. The number of methoxy groups -OCH3 is 2. The molecule has 0 aliphatic heterocycles. The molecule has 0 N–H and O–H groups in total. The van der Waals surface area contributed by atoms with Crippen molar-refractivity contribution in [2.75, 3.05) is 20.8 Å². The smallest absolute Gasteiger partial charge is 0.297 e. The average molecular weight is 291 g/mol. The lowest BCUT2D eigenvalue weighted by molar-refractivity contribution is 0.289. The minimum atomic E-state index is -0.218. The number of pyridine rings is 1. The van der Waals surface area contributed by atoms with Gasteiger partial charge in [0.05, 0.1) is 26.3 Å². The minimum absolute atomic E-state index is 0.218. The van der Waals surface area contributed by atoms with E-state index in [0.29, 0.717) is 18.1 Å². The predicted molar refractivity (Wildman–Crippen MR) is 82.7 cm³/mol. The monoisotopic (exact) mass is 291 g/mol. The summed E-state index contributed by atoms with van der Waals surface area (Å²) in [5, 5.41) is 0.839. The number of hydrogen-bond donors (Lipinski definition) is 0. The molecular formula is C16H21NO4. The first-order chi connectivity index (χ1) is 10.1. The molecule has 5 nitrogen and oxygen atoms in total. The number of fused-ring (bicyclic) bond motifs is 1. The Hall–Kier alpha value is -2.17. The number of unbranched alkanes of at least 4 members (excludes halogenated alkanes) is 1. The van der Waals surface area contributed by atoms with Crippen molar-refractivity contribution in [3.8, 4) is 17.2 Å². The Morgan fingerprint density at radius 3 is 2.52 bits per heavy atom. The SMILES string of the molecule is CCCCOc1c(OC)c(=O)n(C)c2cc(OC)ccc12. The van der Waals surface area contributed by atoms with Gasteiger partial charge in [-0.3, -0.25) is 4.79 Å². The van der Waals surface area contributed by atoms with Crippen LogP contribution in [0.5, 0.6) is 17.2 Å². The van der Waals surface area contributed by atoms with Gasteiger partial charge in [-0.05, 0) is 18.6 Å². The number of hydrogen-bond acceptors (Lipinski definition) is 4. The van der Waals surface area contributed by atoms with Crippen molar-refractivity contribution in [3.63, 3.8) is 0 Å². The molecule has 0 atom stereocenters. The predicted octanol–water partition coefficient (Wildman–Crippen LogP) is 2.73. The Kier molecular flexibility index (Phi) is 4.73. The maximum absolute atomic E-state index is 12.4. The molecule has 114 valence electrons. The molecule has 0 radical (unpaired) electrons. The number of aryl methyl sites for hydroxylation is 1. The van der Waals surface area contributed by atoms with Crippen LogP contribution in [0.25, 0.3) is 10.9 Å². The van der Waals surface area contributed by atoms with Gasteiger partial charge in [-0.1, -0.05) is 13.3 Å². The Morgan fingerprint density at radius 1 is 1.14 bits per heavy atom. The van der Waals surface area contributed by atoms with Gasteiger partial charge in [0, 0.05) is 18.5 Å². The highest BCUT2D eigenvalue weighted by Crippen LogP contribution is 2.34. The summed E-state index contributed by atoms with van der Waals surface area (Å²) in [4.78, 5) is 12.4. The second kappa shape index (κ2) is 6.52. The van der Waals surface area contributed by atoms with E-state index in [2.05, 4.69) is 6.92 Å². The van der Waals surface area contributed by atoms with Gasteiger partial charge in [-0.2, -0.15) is 0 Å². The molecule has 0 fully saturated rings. The lowest BCUT2D eigenvalue weighted by atomic mass is 10.1. The molecule has 1 heterocycles. The second-order valence-electron chi connectivity index (χ2n) is 4.81. The normalized spacial score (nSPS) is 10.7. The first kappa shape index (κ1) is 15.2. The zero-order valence-corrected chi connectivity index (χ0v) is 12.9. The van der Waals surface area contributed by atoms with E-state index in [1.165, 1.54) is 7.11 Å². The Labute approximate surface area is 124 Å².